The van der Waals surface area contributed by atoms with Crippen molar-refractivity contribution in [3.8, 4) is 0 Å². The van der Waals surface area contributed by atoms with Crippen molar-refractivity contribution in [2.45, 2.75) is 27.2 Å². The fourth-order valence-corrected chi connectivity index (χ4v) is 0.559. The van der Waals surface area contributed by atoms with E-state index in [9.17, 15) is 0 Å². The lowest BCUT2D eigenvalue weighted by atomic mass is 10.5. The SMILES string of the molecule is CC.CCCN(C)C.CNCCO. The first-order valence-corrected chi connectivity index (χ1v) is 5.09. The molecule has 0 atom stereocenters. The summed E-state index contributed by atoms with van der Waals surface area (Å²) < 4.78 is 0. The van der Waals surface area contributed by atoms with E-state index in [2.05, 4.69) is 31.2 Å². The van der Waals surface area contributed by atoms with E-state index in [0.717, 1.165) is 0 Å². The maximum absolute atomic E-state index is 8.00. The summed E-state index contributed by atoms with van der Waals surface area (Å²) in [5.41, 5.74) is 0. The van der Waals surface area contributed by atoms with Gasteiger partial charge in [-0.1, -0.05) is 20.8 Å². The number of nitrogens with one attached hydrogen (secondary N) is 1. The first-order valence-electron chi connectivity index (χ1n) is 5.09. The first-order chi connectivity index (χ1) is 6.18. The third-order valence-corrected chi connectivity index (χ3v) is 1.03. The Bertz CT molecular complexity index is 56.9. The Balaban J connectivity index is -0.000000131. The summed E-state index contributed by atoms with van der Waals surface area (Å²) in [6.45, 7) is 8.32. The molecule has 0 bridgehead atoms. The zero-order valence-electron chi connectivity index (χ0n) is 10.2. The van der Waals surface area contributed by atoms with Gasteiger partial charge in [0, 0.05) is 6.54 Å². The van der Waals surface area contributed by atoms with E-state index in [1.165, 1.54) is 13.0 Å². The molecule has 84 valence electrons. The maximum atomic E-state index is 8.00. The van der Waals surface area contributed by atoms with Gasteiger partial charge in [-0.05, 0) is 34.1 Å². The Labute approximate surface area is 84.1 Å². The molecule has 0 aromatic rings. The lowest BCUT2D eigenvalue weighted by Crippen LogP contribution is -2.11. The molecule has 0 saturated carbocycles. The van der Waals surface area contributed by atoms with Gasteiger partial charge in [0.2, 0.25) is 0 Å². The average molecular weight is 192 g/mol. The highest BCUT2D eigenvalue weighted by molar-refractivity contribution is 4.34. The standard InChI is InChI=1S/C5H13N.C3H9NO.C2H6/c1-4-5-6(2)3;1-4-2-3-5;1-2/h4-5H2,1-3H3;4-5H,2-3H2,1H3;1-2H3. The second-order valence-electron chi connectivity index (χ2n) is 2.63. The Hall–Kier alpha value is -0.120. The molecule has 3 nitrogen and oxygen atoms in total. The van der Waals surface area contributed by atoms with Gasteiger partial charge in [0.05, 0.1) is 6.61 Å². The lowest BCUT2D eigenvalue weighted by Gasteiger charge is -2.03. The highest BCUT2D eigenvalue weighted by Gasteiger charge is 1.79. The summed E-state index contributed by atoms with van der Waals surface area (Å²) in [5, 5.41) is 10.8. The fraction of sp³-hybridized carbons (Fsp3) is 1.00. The molecule has 0 rings (SSSR count). The van der Waals surface area contributed by atoms with Crippen LogP contribution in [0, 0.1) is 0 Å². The van der Waals surface area contributed by atoms with E-state index < -0.39 is 0 Å². The van der Waals surface area contributed by atoms with E-state index in [-0.39, 0.29) is 6.61 Å². The van der Waals surface area contributed by atoms with Crippen LogP contribution in [-0.4, -0.2) is 50.8 Å². The second kappa shape index (κ2) is 22.6. The number of rotatable bonds is 4. The van der Waals surface area contributed by atoms with Crippen LogP contribution in [0.1, 0.15) is 27.2 Å². The van der Waals surface area contributed by atoms with Crippen LogP contribution in [0.15, 0.2) is 0 Å². The van der Waals surface area contributed by atoms with Gasteiger partial charge in [-0.15, -0.1) is 0 Å². The van der Waals surface area contributed by atoms with E-state index >= 15 is 0 Å². The van der Waals surface area contributed by atoms with Crippen LogP contribution in [0.4, 0.5) is 0 Å². The quantitative estimate of drug-likeness (QED) is 0.702. The van der Waals surface area contributed by atoms with E-state index in [1.54, 1.807) is 7.05 Å². The van der Waals surface area contributed by atoms with Crippen LogP contribution in [0.3, 0.4) is 0 Å². The zero-order chi connectivity index (χ0) is 11.1. The van der Waals surface area contributed by atoms with E-state index in [0.29, 0.717) is 6.54 Å². The predicted octanol–water partition coefficient (Wildman–Crippen LogP) is 1.18. The summed E-state index contributed by atoms with van der Waals surface area (Å²) >= 11 is 0. The minimum Gasteiger partial charge on any atom is -0.395 e. The van der Waals surface area contributed by atoms with Crippen LogP contribution in [-0.2, 0) is 0 Å². The predicted molar refractivity (Wildman–Crippen MR) is 61.2 cm³/mol. The Morgan fingerprint density at radius 1 is 1.23 bits per heavy atom. The summed E-state index contributed by atoms with van der Waals surface area (Å²) in [6, 6.07) is 0. The van der Waals surface area contributed by atoms with Crippen LogP contribution in [0.5, 0.6) is 0 Å². The molecule has 2 N–H and O–H groups in total. The normalized spacial score (nSPS) is 8.31. The smallest absolute Gasteiger partial charge is 0.0555 e. The van der Waals surface area contributed by atoms with Crippen LogP contribution < -0.4 is 5.32 Å². The first kappa shape index (κ1) is 18.6. The summed E-state index contributed by atoms with van der Waals surface area (Å²) in [4.78, 5) is 2.18. The average Bonchev–Trinajstić information content (AvgIpc) is 2.10. The minimum atomic E-state index is 0.233. The third kappa shape index (κ3) is 48.7. The molecule has 0 unspecified atom stereocenters. The van der Waals surface area contributed by atoms with Crippen molar-refractivity contribution in [1.82, 2.24) is 10.2 Å². The molecule has 3 heteroatoms. The molecule has 0 amide bonds. The molecular formula is C10H28N2O. The molecule has 0 aliphatic carbocycles. The lowest BCUT2D eigenvalue weighted by molar-refractivity contribution is 0.296. The monoisotopic (exact) mass is 192 g/mol. The summed E-state index contributed by atoms with van der Waals surface area (Å²) in [7, 11) is 5.98. The molecule has 0 aliphatic rings. The van der Waals surface area contributed by atoms with Crippen molar-refractivity contribution in [1.29, 1.82) is 0 Å². The third-order valence-electron chi connectivity index (χ3n) is 1.03. The zero-order valence-corrected chi connectivity index (χ0v) is 10.2. The van der Waals surface area contributed by atoms with Gasteiger partial charge in [-0.2, -0.15) is 0 Å². The van der Waals surface area contributed by atoms with Gasteiger partial charge < -0.3 is 15.3 Å². The molecule has 0 aromatic carbocycles. The van der Waals surface area contributed by atoms with Crippen LogP contribution in [0.2, 0.25) is 0 Å². The Morgan fingerprint density at radius 3 is 1.69 bits per heavy atom. The number of hydrogen-bond donors (Lipinski definition) is 2. The topological polar surface area (TPSA) is 35.5 Å². The summed E-state index contributed by atoms with van der Waals surface area (Å²) in [6.07, 6.45) is 1.26. The maximum Gasteiger partial charge on any atom is 0.0555 e. The van der Waals surface area contributed by atoms with Gasteiger partial charge in [0.15, 0.2) is 0 Å². The van der Waals surface area contributed by atoms with Crippen molar-refractivity contribution in [3.05, 3.63) is 0 Å². The number of likely N-dealkylation sites (N-methyl/N-ethyl adjacent to an activating group) is 1. The van der Waals surface area contributed by atoms with Crippen molar-refractivity contribution in [2.75, 3.05) is 40.8 Å². The second-order valence-corrected chi connectivity index (χ2v) is 2.63. The van der Waals surface area contributed by atoms with Crippen molar-refractivity contribution in [2.24, 2.45) is 0 Å². The Morgan fingerprint density at radius 2 is 1.69 bits per heavy atom. The molecule has 0 spiro atoms. The molecule has 13 heavy (non-hydrogen) atoms. The number of nitrogens with zero attached hydrogens (tertiary/aromatic N) is 1. The van der Waals surface area contributed by atoms with Gasteiger partial charge >= 0.3 is 0 Å². The highest BCUT2D eigenvalue weighted by Crippen LogP contribution is 1.76. The molecule has 0 saturated heterocycles. The molecular weight excluding hydrogens is 164 g/mol. The number of aliphatic hydroxyl groups excluding tert-OH is 1. The number of aliphatic hydroxyl groups is 1. The van der Waals surface area contributed by atoms with Crippen molar-refractivity contribution in [3.63, 3.8) is 0 Å². The molecule has 0 aliphatic heterocycles. The van der Waals surface area contributed by atoms with Gasteiger partial charge in [0.1, 0.15) is 0 Å². The molecule has 0 aromatic heterocycles. The van der Waals surface area contributed by atoms with Gasteiger partial charge in [-0.3, -0.25) is 0 Å². The van der Waals surface area contributed by atoms with Crippen molar-refractivity contribution < 1.29 is 5.11 Å². The van der Waals surface area contributed by atoms with Crippen molar-refractivity contribution >= 4 is 0 Å². The highest BCUT2D eigenvalue weighted by atomic mass is 16.3. The van der Waals surface area contributed by atoms with Gasteiger partial charge in [-0.25, -0.2) is 0 Å². The fourth-order valence-electron chi connectivity index (χ4n) is 0.559. The van der Waals surface area contributed by atoms with Gasteiger partial charge in [0.25, 0.3) is 0 Å². The van der Waals surface area contributed by atoms with Crippen LogP contribution in [0.25, 0.3) is 0 Å². The molecule has 0 fully saturated rings. The number of hydrogen-bond acceptors (Lipinski definition) is 3. The van der Waals surface area contributed by atoms with E-state index in [4.69, 9.17) is 5.11 Å². The van der Waals surface area contributed by atoms with Crippen LogP contribution >= 0.6 is 0 Å². The molecule has 0 heterocycles. The Kier molecular flexibility index (Phi) is 32.4. The van der Waals surface area contributed by atoms with E-state index in [1.807, 2.05) is 13.8 Å². The molecule has 0 radical (unpaired) electrons. The largest absolute Gasteiger partial charge is 0.395 e. The summed E-state index contributed by atoms with van der Waals surface area (Å²) in [5.74, 6) is 0. The minimum absolute atomic E-state index is 0.233.